The fourth-order valence-electron chi connectivity index (χ4n) is 0.855. The zero-order valence-electron chi connectivity index (χ0n) is 8.27. The molecule has 1 aromatic carbocycles. The molecule has 14 heavy (non-hydrogen) atoms. The van der Waals surface area contributed by atoms with Crippen molar-refractivity contribution in [1.82, 2.24) is 5.06 Å². The van der Waals surface area contributed by atoms with Gasteiger partial charge in [0.05, 0.1) is 12.9 Å². The molecule has 76 valence electrons. The van der Waals surface area contributed by atoms with E-state index < -0.39 is 0 Å². The van der Waals surface area contributed by atoms with Crippen LogP contribution in [0.1, 0.15) is 0 Å². The highest BCUT2D eigenvalue weighted by Crippen LogP contribution is 2.16. The van der Waals surface area contributed by atoms with Crippen LogP contribution in [0, 0.1) is 0 Å². The first-order valence-corrected chi connectivity index (χ1v) is 5.21. The lowest BCUT2D eigenvalue weighted by molar-refractivity contribution is -0.165. The molecule has 0 fully saturated rings. The van der Waals surface area contributed by atoms with Gasteiger partial charge < -0.3 is 0 Å². The van der Waals surface area contributed by atoms with E-state index in [-0.39, 0.29) is 5.91 Å². The van der Waals surface area contributed by atoms with Crippen LogP contribution in [0.25, 0.3) is 0 Å². The number of amides is 1. The fraction of sp³-hybridized carbons (Fsp3) is 0.300. The number of carbonyl (C=O) groups is 1. The molecule has 0 atom stereocenters. The standard InChI is InChI=1S/C10H13NO2S/c1-11(13-2)10(12)8-14-9-6-4-3-5-7-9/h3-7H,8H2,1-2H3. The van der Waals surface area contributed by atoms with Crippen molar-refractivity contribution in [2.75, 3.05) is 19.9 Å². The lowest BCUT2D eigenvalue weighted by atomic mass is 10.4. The van der Waals surface area contributed by atoms with Gasteiger partial charge in [0.1, 0.15) is 0 Å². The number of hydrogen-bond donors (Lipinski definition) is 0. The van der Waals surface area contributed by atoms with Crippen LogP contribution in [0.2, 0.25) is 0 Å². The van der Waals surface area contributed by atoms with Gasteiger partial charge in [0, 0.05) is 11.9 Å². The summed E-state index contributed by atoms with van der Waals surface area (Å²) in [6.07, 6.45) is 0. The summed E-state index contributed by atoms with van der Waals surface area (Å²) in [4.78, 5) is 17.2. The van der Waals surface area contributed by atoms with E-state index in [1.54, 1.807) is 7.05 Å². The van der Waals surface area contributed by atoms with Gasteiger partial charge >= 0.3 is 0 Å². The van der Waals surface area contributed by atoms with Gasteiger partial charge in [-0.3, -0.25) is 9.63 Å². The van der Waals surface area contributed by atoms with E-state index >= 15 is 0 Å². The van der Waals surface area contributed by atoms with Crippen molar-refractivity contribution in [3.63, 3.8) is 0 Å². The van der Waals surface area contributed by atoms with E-state index in [0.717, 1.165) is 4.90 Å². The number of hydroxylamine groups is 2. The Morgan fingerprint density at radius 2 is 2.07 bits per heavy atom. The first-order chi connectivity index (χ1) is 6.74. The molecular formula is C10H13NO2S. The maximum Gasteiger partial charge on any atom is 0.256 e. The van der Waals surface area contributed by atoms with Gasteiger partial charge in [0.2, 0.25) is 0 Å². The molecule has 3 nitrogen and oxygen atoms in total. The molecule has 0 bridgehead atoms. The second kappa shape index (κ2) is 5.67. The van der Waals surface area contributed by atoms with Crippen molar-refractivity contribution >= 4 is 17.7 Å². The molecule has 4 heteroatoms. The molecule has 0 radical (unpaired) electrons. The van der Waals surface area contributed by atoms with Crippen molar-refractivity contribution < 1.29 is 9.63 Å². The fourth-order valence-corrected chi connectivity index (χ4v) is 1.68. The Morgan fingerprint density at radius 3 is 2.64 bits per heavy atom. The summed E-state index contributed by atoms with van der Waals surface area (Å²) in [7, 11) is 3.08. The number of rotatable bonds is 4. The van der Waals surface area contributed by atoms with Gasteiger partial charge in [0.25, 0.3) is 5.91 Å². The average molecular weight is 211 g/mol. The van der Waals surface area contributed by atoms with Crippen molar-refractivity contribution in [3.05, 3.63) is 30.3 Å². The summed E-state index contributed by atoms with van der Waals surface area (Å²) in [5.41, 5.74) is 0. The summed E-state index contributed by atoms with van der Waals surface area (Å²) in [5.74, 6) is 0.357. The first kappa shape index (κ1) is 11.1. The van der Waals surface area contributed by atoms with Crippen LogP contribution in [0.15, 0.2) is 35.2 Å². The maximum atomic E-state index is 11.3. The number of hydrogen-bond acceptors (Lipinski definition) is 3. The molecule has 0 unspecified atom stereocenters. The minimum absolute atomic E-state index is 0.0404. The quantitative estimate of drug-likeness (QED) is 0.562. The lowest BCUT2D eigenvalue weighted by Crippen LogP contribution is -2.26. The summed E-state index contributed by atoms with van der Waals surface area (Å²) < 4.78 is 0. The third kappa shape index (κ3) is 3.40. The smallest absolute Gasteiger partial charge is 0.256 e. The molecule has 0 N–H and O–H groups in total. The predicted molar refractivity (Wildman–Crippen MR) is 56.9 cm³/mol. The molecule has 0 aliphatic heterocycles. The van der Waals surface area contributed by atoms with E-state index in [1.807, 2.05) is 30.3 Å². The monoisotopic (exact) mass is 211 g/mol. The van der Waals surface area contributed by atoms with Crippen molar-refractivity contribution in [2.45, 2.75) is 4.90 Å². The van der Waals surface area contributed by atoms with Crippen LogP contribution < -0.4 is 0 Å². The average Bonchev–Trinajstić information content (AvgIpc) is 2.26. The summed E-state index contributed by atoms with van der Waals surface area (Å²) in [6, 6.07) is 9.81. The van der Waals surface area contributed by atoms with Gasteiger partial charge in [-0.25, -0.2) is 5.06 Å². The van der Waals surface area contributed by atoms with Crippen LogP contribution in [-0.4, -0.2) is 30.9 Å². The number of carbonyl (C=O) groups excluding carboxylic acids is 1. The summed E-state index contributed by atoms with van der Waals surface area (Å²) >= 11 is 1.50. The zero-order valence-corrected chi connectivity index (χ0v) is 9.08. The molecule has 1 aromatic rings. The SMILES string of the molecule is CON(C)C(=O)CSc1ccccc1. The normalized spacial score (nSPS) is 9.86. The van der Waals surface area contributed by atoms with Gasteiger partial charge in [-0.05, 0) is 12.1 Å². The highest BCUT2D eigenvalue weighted by Gasteiger charge is 2.07. The Labute approximate surface area is 88.0 Å². The first-order valence-electron chi connectivity index (χ1n) is 4.22. The highest BCUT2D eigenvalue weighted by atomic mass is 32.2. The predicted octanol–water partition coefficient (Wildman–Crippen LogP) is 1.80. The molecule has 0 aliphatic rings. The van der Waals surface area contributed by atoms with E-state index in [2.05, 4.69) is 0 Å². The minimum atomic E-state index is -0.0404. The molecule has 1 amide bonds. The Morgan fingerprint density at radius 1 is 1.43 bits per heavy atom. The summed E-state index contributed by atoms with van der Waals surface area (Å²) in [5, 5.41) is 1.23. The van der Waals surface area contributed by atoms with Crippen molar-refractivity contribution in [2.24, 2.45) is 0 Å². The molecule has 0 saturated carbocycles. The highest BCUT2D eigenvalue weighted by molar-refractivity contribution is 8.00. The number of benzene rings is 1. The third-order valence-electron chi connectivity index (χ3n) is 1.73. The van der Waals surface area contributed by atoms with Gasteiger partial charge in [-0.1, -0.05) is 18.2 Å². The van der Waals surface area contributed by atoms with E-state index in [9.17, 15) is 4.79 Å². The number of thioether (sulfide) groups is 1. The van der Waals surface area contributed by atoms with Crippen LogP contribution in [0.3, 0.4) is 0 Å². The number of nitrogens with zero attached hydrogens (tertiary/aromatic N) is 1. The molecule has 0 spiro atoms. The third-order valence-corrected chi connectivity index (χ3v) is 2.73. The van der Waals surface area contributed by atoms with Crippen molar-refractivity contribution in [3.8, 4) is 0 Å². The van der Waals surface area contributed by atoms with Crippen LogP contribution in [0.4, 0.5) is 0 Å². The second-order valence-electron chi connectivity index (χ2n) is 2.68. The van der Waals surface area contributed by atoms with Crippen LogP contribution in [-0.2, 0) is 9.63 Å². The van der Waals surface area contributed by atoms with Gasteiger partial charge in [-0.15, -0.1) is 11.8 Å². The lowest BCUT2D eigenvalue weighted by Gasteiger charge is -2.12. The maximum absolute atomic E-state index is 11.3. The van der Waals surface area contributed by atoms with Gasteiger partial charge in [0.15, 0.2) is 0 Å². The van der Waals surface area contributed by atoms with Crippen LogP contribution in [0.5, 0.6) is 0 Å². The van der Waals surface area contributed by atoms with Crippen molar-refractivity contribution in [1.29, 1.82) is 0 Å². The molecule has 1 rings (SSSR count). The Kier molecular flexibility index (Phi) is 4.49. The van der Waals surface area contributed by atoms with E-state index in [0.29, 0.717) is 5.75 Å². The molecule has 0 saturated heterocycles. The molecule has 0 aliphatic carbocycles. The second-order valence-corrected chi connectivity index (χ2v) is 3.72. The Bertz CT molecular complexity index is 289. The molecule has 0 heterocycles. The largest absolute Gasteiger partial charge is 0.275 e. The van der Waals surface area contributed by atoms with Gasteiger partial charge in [-0.2, -0.15) is 0 Å². The topological polar surface area (TPSA) is 29.5 Å². The van der Waals surface area contributed by atoms with E-state index in [1.165, 1.54) is 23.9 Å². The zero-order chi connectivity index (χ0) is 10.4. The van der Waals surface area contributed by atoms with E-state index in [4.69, 9.17) is 4.84 Å². The Hall–Kier alpha value is -1.00. The Balaban J connectivity index is 2.38. The minimum Gasteiger partial charge on any atom is -0.275 e. The molecule has 0 aromatic heterocycles. The van der Waals surface area contributed by atoms with Crippen LogP contribution >= 0.6 is 11.8 Å². The summed E-state index contributed by atoms with van der Waals surface area (Å²) in [6.45, 7) is 0. The molecular weight excluding hydrogens is 198 g/mol.